The van der Waals surface area contributed by atoms with Gasteiger partial charge in [-0.3, -0.25) is 9.59 Å². The number of aromatic nitrogens is 2. The number of carbonyl (C=O) groups excluding carboxylic acids is 1. The summed E-state index contributed by atoms with van der Waals surface area (Å²) in [6.07, 6.45) is 2.40. The summed E-state index contributed by atoms with van der Waals surface area (Å²) in [6.45, 7) is 0.756. The van der Waals surface area contributed by atoms with Crippen LogP contribution in [0.1, 0.15) is 27.3 Å². The molecule has 1 saturated heterocycles. The number of amides is 1. The van der Waals surface area contributed by atoms with Crippen LogP contribution in [-0.2, 0) is 4.74 Å². The van der Waals surface area contributed by atoms with Gasteiger partial charge in [0.2, 0.25) is 0 Å². The van der Waals surface area contributed by atoms with Gasteiger partial charge in [-0.2, -0.15) is 0 Å². The highest BCUT2D eigenvalue weighted by atomic mass is 16.5. The van der Waals surface area contributed by atoms with E-state index in [-0.39, 0.29) is 23.9 Å². The zero-order valence-electron chi connectivity index (χ0n) is 13.7. The lowest BCUT2D eigenvalue weighted by Gasteiger charge is -2.32. The third-order valence-corrected chi connectivity index (χ3v) is 3.91. The molecule has 0 unspecified atom stereocenters. The predicted molar refractivity (Wildman–Crippen MR) is 89.4 cm³/mol. The minimum absolute atomic E-state index is 0.0978. The molecule has 0 radical (unpaired) electrons. The van der Waals surface area contributed by atoms with Gasteiger partial charge < -0.3 is 24.9 Å². The van der Waals surface area contributed by atoms with Crippen molar-refractivity contribution in [3.63, 3.8) is 0 Å². The molecule has 3 N–H and O–H groups in total. The van der Waals surface area contributed by atoms with Crippen molar-refractivity contribution in [3.05, 3.63) is 58.3 Å². The molecule has 26 heavy (non-hydrogen) atoms. The fourth-order valence-electron chi connectivity index (χ4n) is 2.55. The molecular weight excluding hydrogens is 342 g/mol. The lowest BCUT2D eigenvalue weighted by atomic mass is 10.1. The topological polar surface area (TPSA) is 131 Å². The summed E-state index contributed by atoms with van der Waals surface area (Å²) in [6, 6.07) is 5.68. The average Bonchev–Trinajstić information content (AvgIpc) is 2.64. The van der Waals surface area contributed by atoms with Crippen molar-refractivity contribution in [1.82, 2.24) is 15.3 Å². The van der Waals surface area contributed by atoms with Gasteiger partial charge in [0.25, 0.3) is 11.5 Å². The highest BCUT2D eigenvalue weighted by Crippen LogP contribution is 2.19. The van der Waals surface area contributed by atoms with E-state index in [9.17, 15) is 14.4 Å². The Hall–Kier alpha value is -3.20. The van der Waals surface area contributed by atoms with Gasteiger partial charge in [0.05, 0.1) is 24.4 Å². The highest BCUT2D eigenvalue weighted by Gasteiger charge is 2.29. The number of H-pyrrole nitrogens is 1. The Balaban J connectivity index is 1.67. The maximum absolute atomic E-state index is 12.3. The van der Waals surface area contributed by atoms with Crippen molar-refractivity contribution in [2.45, 2.75) is 18.6 Å². The van der Waals surface area contributed by atoms with Crippen LogP contribution < -0.4 is 15.6 Å². The van der Waals surface area contributed by atoms with E-state index >= 15 is 0 Å². The summed E-state index contributed by atoms with van der Waals surface area (Å²) in [5.41, 5.74) is -0.134. The minimum Gasteiger partial charge on any atom is -0.486 e. The largest absolute Gasteiger partial charge is 0.486 e. The average molecular weight is 359 g/mol. The monoisotopic (exact) mass is 359 g/mol. The van der Waals surface area contributed by atoms with Crippen molar-refractivity contribution in [1.29, 1.82) is 0 Å². The molecule has 1 fully saturated rings. The fourth-order valence-corrected chi connectivity index (χ4v) is 2.55. The second kappa shape index (κ2) is 7.79. The minimum atomic E-state index is -1.02. The number of hydrogen-bond donors (Lipinski definition) is 3. The van der Waals surface area contributed by atoms with Gasteiger partial charge in [-0.25, -0.2) is 9.78 Å². The van der Waals surface area contributed by atoms with Crippen LogP contribution in [0.2, 0.25) is 0 Å². The van der Waals surface area contributed by atoms with E-state index in [0.29, 0.717) is 18.8 Å². The second-order valence-corrected chi connectivity index (χ2v) is 5.73. The molecule has 1 aromatic carbocycles. The third kappa shape index (κ3) is 4.25. The first-order chi connectivity index (χ1) is 12.5. The Morgan fingerprint density at radius 1 is 1.31 bits per heavy atom. The first-order valence-corrected chi connectivity index (χ1v) is 7.96. The molecule has 1 aliphatic rings. The number of hydrogen-bond acceptors (Lipinski definition) is 6. The van der Waals surface area contributed by atoms with Crippen LogP contribution in [0.3, 0.4) is 0 Å². The van der Waals surface area contributed by atoms with E-state index in [4.69, 9.17) is 14.6 Å². The van der Waals surface area contributed by atoms with Crippen LogP contribution in [0.15, 0.2) is 41.5 Å². The van der Waals surface area contributed by atoms with Crippen LogP contribution in [0, 0.1) is 0 Å². The van der Waals surface area contributed by atoms with Gasteiger partial charge in [-0.05, 0) is 30.7 Å². The van der Waals surface area contributed by atoms with Gasteiger partial charge >= 0.3 is 5.97 Å². The van der Waals surface area contributed by atoms with Crippen molar-refractivity contribution < 1.29 is 24.2 Å². The number of aromatic amines is 1. The molecular formula is C17H17N3O6. The van der Waals surface area contributed by atoms with Gasteiger partial charge in [0, 0.05) is 12.8 Å². The van der Waals surface area contributed by atoms with E-state index in [1.54, 1.807) is 12.1 Å². The first-order valence-electron chi connectivity index (χ1n) is 7.96. The molecule has 3 rings (SSSR count). The van der Waals surface area contributed by atoms with Crippen molar-refractivity contribution >= 4 is 11.9 Å². The first kappa shape index (κ1) is 17.6. The Kier molecular flexibility index (Phi) is 5.28. The SMILES string of the molecule is O=C(O)c1ccc(O[C@@H]2COCC[C@H]2NC(=O)c2c[nH]c(=O)cn2)cc1. The molecule has 1 amide bonds. The van der Waals surface area contributed by atoms with Crippen LogP contribution in [0.4, 0.5) is 0 Å². The standard InChI is InChI=1S/C17H17N3O6/c21-15-8-18-13(7-19-15)16(22)20-12-5-6-25-9-14(12)26-11-3-1-10(2-4-11)17(23)24/h1-4,7-8,12,14H,5-6,9H2,(H,19,21)(H,20,22)(H,23,24)/t12-,14-/m1/s1. The van der Waals surface area contributed by atoms with E-state index in [2.05, 4.69) is 15.3 Å². The maximum Gasteiger partial charge on any atom is 0.335 e. The molecule has 0 spiro atoms. The van der Waals surface area contributed by atoms with E-state index in [1.807, 2.05) is 0 Å². The fraction of sp³-hybridized carbons (Fsp3) is 0.294. The van der Waals surface area contributed by atoms with Crippen LogP contribution >= 0.6 is 0 Å². The summed E-state index contributed by atoms with van der Waals surface area (Å²) in [5.74, 6) is -0.967. The molecule has 136 valence electrons. The molecule has 2 aromatic rings. The van der Waals surface area contributed by atoms with Gasteiger partial charge in [-0.1, -0.05) is 0 Å². The number of carboxylic acid groups (broad SMARTS) is 1. The number of rotatable bonds is 5. The second-order valence-electron chi connectivity index (χ2n) is 5.73. The Bertz CT molecular complexity index is 828. The molecule has 0 aliphatic carbocycles. The zero-order valence-corrected chi connectivity index (χ0v) is 13.7. The number of nitrogens with one attached hydrogen (secondary N) is 2. The predicted octanol–water partition coefficient (Wildman–Crippen LogP) is 0.434. The lowest BCUT2D eigenvalue weighted by Crippen LogP contribution is -2.51. The maximum atomic E-state index is 12.3. The number of ether oxygens (including phenoxy) is 2. The Labute approximate surface area is 148 Å². The summed E-state index contributed by atoms with van der Waals surface area (Å²) in [7, 11) is 0. The quantitative estimate of drug-likeness (QED) is 0.706. The summed E-state index contributed by atoms with van der Waals surface area (Å²) in [4.78, 5) is 40.4. The number of carbonyl (C=O) groups is 2. The molecule has 9 heteroatoms. The molecule has 2 atom stereocenters. The molecule has 1 aromatic heterocycles. The number of benzene rings is 1. The van der Waals surface area contributed by atoms with Gasteiger partial charge in [0.1, 0.15) is 17.5 Å². The van der Waals surface area contributed by atoms with Crippen LogP contribution in [0.25, 0.3) is 0 Å². The van der Waals surface area contributed by atoms with Gasteiger partial charge in [0.15, 0.2) is 0 Å². The summed E-state index contributed by atoms with van der Waals surface area (Å²) < 4.78 is 11.3. The molecule has 2 heterocycles. The summed E-state index contributed by atoms with van der Waals surface area (Å²) in [5, 5.41) is 11.8. The third-order valence-electron chi connectivity index (χ3n) is 3.91. The normalized spacial score (nSPS) is 19.5. The Morgan fingerprint density at radius 2 is 2.08 bits per heavy atom. The van der Waals surface area contributed by atoms with E-state index < -0.39 is 23.5 Å². The van der Waals surface area contributed by atoms with Crippen LogP contribution in [-0.4, -0.2) is 52.3 Å². The smallest absolute Gasteiger partial charge is 0.335 e. The van der Waals surface area contributed by atoms with E-state index in [0.717, 1.165) is 6.20 Å². The van der Waals surface area contributed by atoms with Gasteiger partial charge in [-0.15, -0.1) is 0 Å². The zero-order chi connectivity index (χ0) is 18.5. The number of carboxylic acids is 1. The molecule has 0 saturated carbocycles. The van der Waals surface area contributed by atoms with E-state index in [1.165, 1.54) is 18.3 Å². The van der Waals surface area contributed by atoms with Crippen molar-refractivity contribution in [2.24, 2.45) is 0 Å². The highest BCUT2D eigenvalue weighted by molar-refractivity contribution is 5.92. The molecule has 1 aliphatic heterocycles. The van der Waals surface area contributed by atoms with Crippen molar-refractivity contribution in [3.8, 4) is 5.75 Å². The summed E-state index contributed by atoms with van der Waals surface area (Å²) >= 11 is 0. The molecule has 9 nitrogen and oxygen atoms in total. The lowest BCUT2D eigenvalue weighted by molar-refractivity contribution is -0.0135. The van der Waals surface area contributed by atoms with Crippen molar-refractivity contribution in [2.75, 3.05) is 13.2 Å². The number of aromatic carboxylic acids is 1. The molecule has 0 bridgehead atoms. The van der Waals surface area contributed by atoms with Crippen LogP contribution in [0.5, 0.6) is 5.75 Å². The number of nitrogens with zero attached hydrogens (tertiary/aromatic N) is 1. The Morgan fingerprint density at radius 3 is 2.73 bits per heavy atom.